The lowest BCUT2D eigenvalue weighted by Crippen LogP contribution is -2.20. The molecule has 1 aliphatic rings. The zero-order chi connectivity index (χ0) is 9.80. The minimum atomic E-state index is 0.417. The summed E-state index contributed by atoms with van der Waals surface area (Å²) in [5.41, 5.74) is 0. The maximum absolute atomic E-state index is 5.64. The summed E-state index contributed by atoms with van der Waals surface area (Å²) >= 11 is 5.06. The highest BCUT2D eigenvalue weighted by molar-refractivity contribution is 7.71. The van der Waals surface area contributed by atoms with Gasteiger partial charge in [0.25, 0.3) is 0 Å². The lowest BCUT2D eigenvalue weighted by molar-refractivity contribution is 0.00874. The number of aromatic amines is 1. The van der Waals surface area contributed by atoms with Gasteiger partial charge in [-0.05, 0) is 37.9 Å². The molecule has 1 fully saturated rings. The predicted molar refractivity (Wildman–Crippen MR) is 55.6 cm³/mol. The molecule has 1 aromatic heterocycles. The van der Waals surface area contributed by atoms with Gasteiger partial charge >= 0.3 is 0 Å². The van der Waals surface area contributed by atoms with Gasteiger partial charge in [0.2, 0.25) is 0 Å². The van der Waals surface area contributed by atoms with E-state index in [1.807, 2.05) is 4.57 Å². The standard InChI is InChI=1S/C9H15N3OS/c14-9-11-10-7-12(9)5-4-8-3-1-2-6-13-8/h7-8H,1-6H2,(H,11,14). The van der Waals surface area contributed by atoms with Gasteiger partial charge in [-0.3, -0.25) is 5.10 Å². The number of nitrogens with zero attached hydrogens (tertiary/aromatic N) is 2. The summed E-state index contributed by atoms with van der Waals surface area (Å²) in [6.45, 7) is 1.82. The van der Waals surface area contributed by atoms with Crippen LogP contribution in [0.1, 0.15) is 25.7 Å². The summed E-state index contributed by atoms with van der Waals surface area (Å²) in [5.74, 6) is 0. The van der Waals surface area contributed by atoms with Crippen LogP contribution in [0.25, 0.3) is 0 Å². The lowest BCUT2D eigenvalue weighted by Gasteiger charge is -2.22. The van der Waals surface area contributed by atoms with E-state index in [0.717, 1.165) is 19.6 Å². The molecule has 2 rings (SSSR count). The molecule has 0 amide bonds. The van der Waals surface area contributed by atoms with Crippen LogP contribution in [0.2, 0.25) is 0 Å². The molecule has 1 aromatic rings. The summed E-state index contributed by atoms with van der Waals surface area (Å²) in [4.78, 5) is 0. The van der Waals surface area contributed by atoms with Crippen molar-refractivity contribution in [1.29, 1.82) is 0 Å². The largest absolute Gasteiger partial charge is 0.378 e. The Kier molecular flexibility index (Phi) is 3.31. The SMILES string of the molecule is S=c1[nH]ncn1CCC1CCCCO1. The maximum Gasteiger partial charge on any atom is 0.194 e. The highest BCUT2D eigenvalue weighted by atomic mass is 32.1. The first-order valence-corrected chi connectivity index (χ1v) is 5.48. The van der Waals surface area contributed by atoms with E-state index in [0.29, 0.717) is 10.9 Å². The molecule has 1 N–H and O–H groups in total. The smallest absolute Gasteiger partial charge is 0.194 e. The third-order valence-corrected chi connectivity index (χ3v) is 2.91. The molecule has 0 spiro atoms. The number of H-pyrrole nitrogens is 1. The van der Waals surface area contributed by atoms with Gasteiger partial charge in [-0.25, -0.2) is 0 Å². The fourth-order valence-corrected chi connectivity index (χ4v) is 1.94. The van der Waals surface area contributed by atoms with Crippen molar-refractivity contribution >= 4 is 12.2 Å². The van der Waals surface area contributed by atoms with Crippen molar-refractivity contribution in [2.24, 2.45) is 0 Å². The second-order valence-corrected chi connectivity index (χ2v) is 4.02. The summed E-state index contributed by atoms with van der Waals surface area (Å²) in [6, 6.07) is 0. The number of hydrogen-bond acceptors (Lipinski definition) is 3. The molecule has 1 unspecified atom stereocenters. The number of ether oxygens (including phenoxy) is 1. The lowest BCUT2D eigenvalue weighted by atomic mass is 10.1. The van der Waals surface area contributed by atoms with Gasteiger partial charge in [-0.2, -0.15) is 5.10 Å². The van der Waals surface area contributed by atoms with Crippen LogP contribution >= 0.6 is 12.2 Å². The molecule has 1 aliphatic heterocycles. The fourth-order valence-electron chi connectivity index (χ4n) is 1.75. The monoisotopic (exact) mass is 213 g/mol. The molecule has 5 heteroatoms. The molecule has 0 saturated carbocycles. The molecule has 1 atom stereocenters. The molecule has 1 saturated heterocycles. The first-order valence-electron chi connectivity index (χ1n) is 5.07. The molecule has 0 aromatic carbocycles. The van der Waals surface area contributed by atoms with Crippen molar-refractivity contribution in [2.75, 3.05) is 6.61 Å². The number of hydrogen-bond donors (Lipinski definition) is 1. The number of aromatic nitrogens is 3. The van der Waals surface area contributed by atoms with Gasteiger partial charge in [-0.1, -0.05) is 0 Å². The van der Waals surface area contributed by atoms with Gasteiger partial charge in [0.05, 0.1) is 6.10 Å². The van der Waals surface area contributed by atoms with E-state index in [1.165, 1.54) is 19.3 Å². The van der Waals surface area contributed by atoms with Crippen LogP contribution < -0.4 is 0 Å². The first-order chi connectivity index (χ1) is 6.86. The zero-order valence-electron chi connectivity index (χ0n) is 8.11. The van der Waals surface area contributed by atoms with E-state index < -0.39 is 0 Å². The molecule has 14 heavy (non-hydrogen) atoms. The Morgan fingerprint density at radius 3 is 3.21 bits per heavy atom. The summed E-state index contributed by atoms with van der Waals surface area (Å²) in [7, 11) is 0. The van der Waals surface area contributed by atoms with Gasteiger partial charge in [0.1, 0.15) is 6.33 Å². The van der Waals surface area contributed by atoms with Crippen molar-refractivity contribution in [3.63, 3.8) is 0 Å². The molecule has 4 nitrogen and oxygen atoms in total. The van der Waals surface area contributed by atoms with Gasteiger partial charge < -0.3 is 9.30 Å². The average Bonchev–Trinajstić information content (AvgIpc) is 2.63. The Balaban J connectivity index is 1.82. The second-order valence-electron chi connectivity index (χ2n) is 3.63. The second kappa shape index (κ2) is 4.70. The molecule has 78 valence electrons. The Bertz CT molecular complexity index is 327. The highest BCUT2D eigenvalue weighted by Crippen LogP contribution is 2.16. The first kappa shape index (κ1) is 9.86. The molecule has 0 bridgehead atoms. The van der Waals surface area contributed by atoms with Crippen LogP contribution in [0.4, 0.5) is 0 Å². The normalized spacial score (nSPS) is 22.4. The van der Waals surface area contributed by atoms with Crippen LogP contribution in [0.3, 0.4) is 0 Å². The Morgan fingerprint density at radius 1 is 1.64 bits per heavy atom. The minimum absolute atomic E-state index is 0.417. The molecular formula is C9H15N3OS. The van der Waals surface area contributed by atoms with Gasteiger partial charge in [0.15, 0.2) is 4.77 Å². The summed E-state index contributed by atoms with van der Waals surface area (Å²) in [5, 5.41) is 6.62. The number of nitrogens with one attached hydrogen (secondary N) is 1. The van der Waals surface area contributed by atoms with Crippen LogP contribution in [-0.2, 0) is 11.3 Å². The Morgan fingerprint density at radius 2 is 2.57 bits per heavy atom. The average molecular weight is 213 g/mol. The molecule has 0 radical (unpaired) electrons. The van der Waals surface area contributed by atoms with Crippen molar-refractivity contribution in [3.8, 4) is 0 Å². The molecular weight excluding hydrogens is 198 g/mol. The van der Waals surface area contributed by atoms with Crippen molar-refractivity contribution in [1.82, 2.24) is 14.8 Å². The quantitative estimate of drug-likeness (QED) is 0.780. The number of aryl methyl sites for hydroxylation is 1. The van der Waals surface area contributed by atoms with E-state index in [2.05, 4.69) is 10.2 Å². The third-order valence-electron chi connectivity index (χ3n) is 2.58. The van der Waals surface area contributed by atoms with E-state index in [1.54, 1.807) is 6.33 Å². The van der Waals surface area contributed by atoms with Crippen LogP contribution in [0.15, 0.2) is 6.33 Å². The molecule has 2 heterocycles. The number of rotatable bonds is 3. The van der Waals surface area contributed by atoms with E-state index in [4.69, 9.17) is 17.0 Å². The van der Waals surface area contributed by atoms with Gasteiger partial charge in [0, 0.05) is 13.2 Å². The van der Waals surface area contributed by atoms with Crippen molar-refractivity contribution in [2.45, 2.75) is 38.3 Å². The zero-order valence-corrected chi connectivity index (χ0v) is 8.92. The van der Waals surface area contributed by atoms with Crippen LogP contribution in [0, 0.1) is 4.77 Å². The topological polar surface area (TPSA) is 42.8 Å². The fraction of sp³-hybridized carbons (Fsp3) is 0.778. The van der Waals surface area contributed by atoms with E-state index in [9.17, 15) is 0 Å². The Hall–Kier alpha value is -0.680. The van der Waals surface area contributed by atoms with E-state index in [-0.39, 0.29) is 0 Å². The minimum Gasteiger partial charge on any atom is -0.378 e. The predicted octanol–water partition coefficient (Wildman–Crippen LogP) is 1.90. The maximum atomic E-state index is 5.64. The van der Waals surface area contributed by atoms with Gasteiger partial charge in [-0.15, -0.1) is 0 Å². The molecule has 0 aliphatic carbocycles. The highest BCUT2D eigenvalue weighted by Gasteiger charge is 2.13. The summed E-state index contributed by atoms with van der Waals surface area (Å²) < 4.78 is 8.29. The van der Waals surface area contributed by atoms with Crippen LogP contribution in [-0.4, -0.2) is 27.5 Å². The third kappa shape index (κ3) is 2.42. The van der Waals surface area contributed by atoms with Crippen LogP contribution in [0.5, 0.6) is 0 Å². The van der Waals surface area contributed by atoms with E-state index >= 15 is 0 Å². The summed E-state index contributed by atoms with van der Waals surface area (Å²) in [6.07, 6.45) is 6.88. The van der Waals surface area contributed by atoms with Crippen molar-refractivity contribution < 1.29 is 4.74 Å². The van der Waals surface area contributed by atoms with Crippen molar-refractivity contribution in [3.05, 3.63) is 11.1 Å². The Labute approximate surface area is 88.3 Å².